The van der Waals surface area contributed by atoms with Crippen molar-refractivity contribution in [3.05, 3.63) is 35.9 Å². The van der Waals surface area contributed by atoms with Gasteiger partial charge in [-0.25, -0.2) is 0 Å². The highest BCUT2D eigenvalue weighted by molar-refractivity contribution is 14.0. The molecule has 0 radical (unpaired) electrons. The average Bonchev–Trinajstić information content (AvgIpc) is 3.25. The van der Waals surface area contributed by atoms with Crippen molar-refractivity contribution in [1.29, 1.82) is 0 Å². The number of hydrogen-bond acceptors (Lipinski definition) is 3. The summed E-state index contributed by atoms with van der Waals surface area (Å²) in [7, 11) is 1.88. The quantitative estimate of drug-likeness (QED) is 0.218. The molecule has 1 aromatic rings. The number of fused-ring (bicyclic) bond motifs is 1. The lowest BCUT2D eigenvalue weighted by molar-refractivity contribution is -0.106. The molecule has 1 aliphatic carbocycles. The summed E-state index contributed by atoms with van der Waals surface area (Å²) in [5.74, 6) is 2.44. The molecule has 2 N–H and O–H groups in total. The minimum Gasteiger partial charge on any atom is -0.377 e. The first-order valence-electron chi connectivity index (χ1n) is 12.4. The number of halogens is 1. The van der Waals surface area contributed by atoms with Gasteiger partial charge in [-0.3, -0.25) is 4.99 Å². The van der Waals surface area contributed by atoms with Gasteiger partial charge in [-0.2, -0.15) is 0 Å². The second kappa shape index (κ2) is 12.0. The van der Waals surface area contributed by atoms with Gasteiger partial charge in [-0.15, -0.1) is 24.0 Å². The fourth-order valence-corrected chi connectivity index (χ4v) is 5.99. The van der Waals surface area contributed by atoms with Gasteiger partial charge in [0.2, 0.25) is 0 Å². The van der Waals surface area contributed by atoms with Crippen LogP contribution >= 0.6 is 24.0 Å². The Morgan fingerprint density at radius 2 is 1.88 bits per heavy atom. The van der Waals surface area contributed by atoms with Crippen molar-refractivity contribution in [2.75, 3.05) is 39.8 Å². The lowest BCUT2D eigenvalue weighted by Gasteiger charge is -2.54. The second-order valence-electron chi connectivity index (χ2n) is 10.4. The largest absolute Gasteiger partial charge is 0.377 e. The number of nitrogens with zero attached hydrogens (tertiary/aromatic N) is 2. The molecule has 0 aromatic heterocycles. The number of benzene rings is 1. The van der Waals surface area contributed by atoms with Crippen LogP contribution in [0.15, 0.2) is 35.3 Å². The van der Waals surface area contributed by atoms with Gasteiger partial charge >= 0.3 is 0 Å². The van der Waals surface area contributed by atoms with Gasteiger partial charge in [0.05, 0.1) is 6.10 Å². The van der Waals surface area contributed by atoms with Gasteiger partial charge in [0.25, 0.3) is 0 Å². The van der Waals surface area contributed by atoms with E-state index in [-0.39, 0.29) is 29.4 Å². The third kappa shape index (κ3) is 6.17. The van der Waals surface area contributed by atoms with Gasteiger partial charge in [0, 0.05) is 37.6 Å². The summed E-state index contributed by atoms with van der Waals surface area (Å²) >= 11 is 0. The number of hydrogen-bond donors (Lipinski definition) is 2. The number of nitrogens with one attached hydrogen (secondary N) is 2. The van der Waals surface area contributed by atoms with Crippen LogP contribution in [0.4, 0.5) is 0 Å². The predicted molar refractivity (Wildman–Crippen MR) is 144 cm³/mol. The van der Waals surface area contributed by atoms with Crippen molar-refractivity contribution in [2.45, 2.75) is 64.5 Å². The number of likely N-dealkylation sites (tertiary alicyclic amines) is 1. The Morgan fingerprint density at radius 1 is 1.12 bits per heavy atom. The topological polar surface area (TPSA) is 48.9 Å². The summed E-state index contributed by atoms with van der Waals surface area (Å²) in [6.07, 6.45) is 7.95. The van der Waals surface area contributed by atoms with E-state index in [2.05, 4.69) is 64.7 Å². The molecule has 3 aliphatic rings. The molecule has 4 rings (SSSR count). The zero-order valence-electron chi connectivity index (χ0n) is 20.2. The van der Waals surface area contributed by atoms with Crippen molar-refractivity contribution in [1.82, 2.24) is 15.5 Å². The Bertz CT molecular complexity index is 718. The normalized spacial score (nSPS) is 27.8. The molecule has 1 aromatic carbocycles. The Morgan fingerprint density at radius 3 is 2.59 bits per heavy atom. The molecular formula is C26H43IN4O. The first kappa shape index (κ1) is 25.8. The van der Waals surface area contributed by atoms with E-state index in [1.807, 2.05) is 7.05 Å². The van der Waals surface area contributed by atoms with Gasteiger partial charge in [0.15, 0.2) is 5.96 Å². The SMILES string of the molecule is CN=C(NCCCCN1CCC(Cc2ccccc2)CC1)NC1C2CCOC2C1(C)C.I. The standard InChI is InChI=1S/C26H42N4O.HI/c1-26(2)23(22-13-18-31-24(22)26)29-25(27-3)28-14-7-8-15-30-16-11-21(12-17-30)19-20-9-5-4-6-10-20;/h4-6,9-10,21-24H,7-8,11-19H2,1-3H3,(H2,27,28,29);1H. The zero-order chi connectivity index (χ0) is 21.7. The van der Waals surface area contributed by atoms with Crippen molar-refractivity contribution in [2.24, 2.45) is 22.2 Å². The van der Waals surface area contributed by atoms with E-state index in [1.165, 1.54) is 63.7 Å². The van der Waals surface area contributed by atoms with E-state index < -0.39 is 0 Å². The highest BCUT2D eigenvalue weighted by Gasteiger charge is 2.59. The van der Waals surface area contributed by atoms with Crippen LogP contribution in [0.25, 0.3) is 0 Å². The summed E-state index contributed by atoms with van der Waals surface area (Å²) in [5, 5.41) is 7.22. The monoisotopic (exact) mass is 554 g/mol. The van der Waals surface area contributed by atoms with Crippen molar-refractivity contribution < 1.29 is 4.74 Å². The van der Waals surface area contributed by atoms with Crippen molar-refractivity contribution >= 4 is 29.9 Å². The molecule has 3 unspecified atom stereocenters. The summed E-state index contributed by atoms with van der Waals surface area (Å²) < 4.78 is 5.91. The minimum atomic E-state index is 0. The Kier molecular flexibility index (Phi) is 9.68. The lowest BCUT2D eigenvalue weighted by atomic mass is 9.57. The molecule has 3 fully saturated rings. The number of ether oxygens (including phenoxy) is 1. The fraction of sp³-hybridized carbons (Fsp3) is 0.731. The van der Waals surface area contributed by atoms with Gasteiger partial charge in [-0.1, -0.05) is 44.2 Å². The maximum atomic E-state index is 5.91. The maximum Gasteiger partial charge on any atom is 0.191 e. The molecule has 2 heterocycles. The fourth-order valence-electron chi connectivity index (χ4n) is 5.99. The summed E-state index contributed by atoms with van der Waals surface area (Å²) in [5.41, 5.74) is 1.68. The summed E-state index contributed by atoms with van der Waals surface area (Å²) in [4.78, 5) is 7.12. The molecule has 2 aliphatic heterocycles. The van der Waals surface area contributed by atoms with Gasteiger partial charge < -0.3 is 20.3 Å². The van der Waals surface area contributed by atoms with Crippen LogP contribution in [-0.4, -0.2) is 62.8 Å². The first-order valence-corrected chi connectivity index (χ1v) is 12.4. The van der Waals surface area contributed by atoms with E-state index in [9.17, 15) is 0 Å². The number of piperidine rings is 1. The predicted octanol–water partition coefficient (Wildman–Crippen LogP) is 4.32. The van der Waals surface area contributed by atoms with E-state index >= 15 is 0 Å². The maximum absolute atomic E-state index is 5.91. The number of guanidine groups is 1. The van der Waals surface area contributed by atoms with Crippen LogP contribution in [0.5, 0.6) is 0 Å². The van der Waals surface area contributed by atoms with E-state index in [4.69, 9.17) is 4.74 Å². The van der Waals surface area contributed by atoms with Crippen LogP contribution in [0, 0.1) is 17.3 Å². The van der Waals surface area contributed by atoms with E-state index in [0.29, 0.717) is 18.1 Å². The number of rotatable bonds is 8. The third-order valence-electron chi connectivity index (χ3n) is 7.88. The van der Waals surface area contributed by atoms with Crippen LogP contribution in [0.1, 0.15) is 51.5 Å². The smallest absolute Gasteiger partial charge is 0.191 e. The van der Waals surface area contributed by atoms with Gasteiger partial charge in [-0.05, 0) is 69.6 Å². The van der Waals surface area contributed by atoms with Crippen LogP contribution < -0.4 is 10.6 Å². The van der Waals surface area contributed by atoms with Crippen molar-refractivity contribution in [3.63, 3.8) is 0 Å². The lowest BCUT2D eigenvalue weighted by Crippen LogP contribution is -2.67. The highest BCUT2D eigenvalue weighted by Crippen LogP contribution is 2.52. The highest BCUT2D eigenvalue weighted by atomic mass is 127. The van der Waals surface area contributed by atoms with Crippen molar-refractivity contribution in [3.8, 4) is 0 Å². The molecule has 3 atom stereocenters. The Labute approximate surface area is 212 Å². The molecule has 6 heteroatoms. The van der Waals surface area contributed by atoms with Crippen LogP contribution in [-0.2, 0) is 11.2 Å². The van der Waals surface area contributed by atoms with E-state index in [0.717, 1.165) is 25.0 Å². The Balaban J connectivity index is 0.00000289. The number of aliphatic imine (C=N–C) groups is 1. The molecule has 1 saturated carbocycles. The van der Waals surface area contributed by atoms with Crippen LogP contribution in [0.2, 0.25) is 0 Å². The second-order valence-corrected chi connectivity index (χ2v) is 10.4. The molecule has 32 heavy (non-hydrogen) atoms. The molecule has 0 spiro atoms. The molecular weight excluding hydrogens is 511 g/mol. The molecule has 0 bridgehead atoms. The average molecular weight is 555 g/mol. The van der Waals surface area contributed by atoms with E-state index in [1.54, 1.807) is 0 Å². The molecule has 5 nitrogen and oxygen atoms in total. The molecule has 0 amide bonds. The minimum absolute atomic E-state index is 0. The Hall–Kier alpha value is -0.860. The van der Waals surface area contributed by atoms with Gasteiger partial charge in [0.1, 0.15) is 0 Å². The first-order chi connectivity index (χ1) is 15.1. The molecule has 2 saturated heterocycles. The summed E-state index contributed by atoms with van der Waals surface area (Å²) in [6.45, 7) is 10.3. The zero-order valence-corrected chi connectivity index (χ0v) is 22.5. The molecule has 180 valence electrons. The van der Waals surface area contributed by atoms with Crippen LogP contribution in [0.3, 0.4) is 0 Å². The summed E-state index contributed by atoms with van der Waals surface area (Å²) in [6, 6.07) is 11.4. The third-order valence-corrected chi connectivity index (χ3v) is 7.88. The number of unbranched alkanes of at least 4 members (excludes halogenated alkanes) is 1.